The van der Waals surface area contributed by atoms with E-state index in [4.69, 9.17) is 5.41 Å². The van der Waals surface area contributed by atoms with Gasteiger partial charge in [-0.1, -0.05) is 0 Å². The lowest BCUT2D eigenvalue weighted by Crippen LogP contribution is -2.11. The Bertz CT molecular complexity index is 636. The van der Waals surface area contributed by atoms with Gasteiger partial charge in [-0.25, -0.2) is 9.67 Å². The van der Waals surface area contributed by atoms with Crippen molar-refractivity contribution in [1.29, 1.82) is 5.41 Å². The monoisotopic (exact) mass is 348 g/mol. The number of pyridine rings is 1. The van der Waals surface area contributed by atoms with Crippen LogP contribution in [0.25, 0.3) is 5.82 Å². The predicted molar refractivity (Wildman–Crippen MR) is 67.9 cm³/mol. The summed E-state index contributed by atoms with van der Waals surface area (Å²) in [7, 11) is 1.20. The molecule has 0 unspecified atom stereocenters. The zero-order valence-electron chi connectivity index (χ0n) is 10.1. The highest BCUT2D eigenvalue weighted by Gasteiger charge is 2.36. The summed E-state index contributed by atoms with van der Waals surface area (Å²) in [5, 5.41) is 11.0. The smallest absolute Gasteiger partial charge is 0.435 e. The summed E-state index contributed by atoms with van der Waals surface area (Å²) in [6.07, 6.45) is -3.19. The molecule has 1 N–H and O–H groups in total. The average molecular weight is 349 g/mol. The van der Waals surface area contributed by atoms with Crippen LogP contribution >= 0.6 is 15.9 Å². The molecule has 0 aliphatic carbocycles. The van der Waals surface area contributed by atoms with Gasteiger partial charge >= 0.3 is 6.18 Å². The topological polar surface area (TPSA) is 63.8 Å². The van der Waals surface area contributed by atoms with E-state index in [-0.39, 0.29) is 11.5 Å². The van der Waals surface area contributed by atoms with Gasteiger partial charge in [0.15, 0.2) is 11.5 Å². The van der Waals surface area contributed by atoms with E-state index in [9.17, 15) is 13.2 Å². The number of halogens is 4. The fourth-order valence-electron chi connectivity index (χ4n) is 1.45. The van der Waals surface area contributed by atoms with E-state index in [0.29, 0.717) is 4.47 Å². The molecule has 20 heavy (non-hydrogen) atoms. The summed E-state index contributed by atoms with van der Waals surface area (Å²) in [4.78, 5) is 3.96. The highest BCUT2D eigenvalue weighted by atomic mass is 79.9. The van der Waals surface area contributed by atoms with Gasteiger partial charge < -0.3 is 4.74 Å². The lowest BCUT2D eigenvalue weighted by atomic mass is 10.3. The van der Waals surface area contributed by atoms with Crippen molar-refractivity contribution >= 4 is 21.8 Å². The molecule has 0 aliphatic heterocycles. The normalized spacial score (nSPS) is 11.4. The first kappa shape index (κ1) is 14.5. The second-order valence-electron chi connectivity index (χ2n) is 3.69. The third kappa shape index (κ3) is 2.82. The van der Waals surface area contributed by atoms with Crippen LogP contribution in [0.1, 0.15) is 11.4 Å². The van der Waals surface area contributed by atoms with Crippen LogP contribution < -0.4 is 0 Å². The molecule has 0 saturated heterocycles. The molecule has 0 amide bonds. The predicted octanol–water partition coefficient (Wildman–Crippen LogP) is 3.02. The molecule has 0 saturated carbocycles. The van der Waals surface area contributed by atoms with E-state index >= 15 is 0 Å². The first-order valence-corrected chi connectivity index (χ1v) is 6.04. The van der Waals surface area contributed by atoms with Crippen LogP contribution in [-0.4, -0.2) is 27.8 Å². The van der Waals surface area contributed by atoms with E-state index in [1.807, 2.05) is 0 Å². The molecule has 5 nitrogen and oxygen atoms in total. The zero-order chi connectivity index (χ0) is 14.9. The molecule has 0 aromatic carbocycles. The minimum atomic E-state index is -4.61. The van der Waals surface area contributed by atoms with Crippen LogP contribution in [0.5, 0.6) is 0 Å². The van der Waals surface area contributed by atoms with E-state index in [2.05, 4.69) is 30.7 Å². The molecular formula is C11H8BrF3N4O. The molecule has 0 aliphatic rings. The SMILES string of the molecule is COC(=N)c1cc(C(F)(F)F)nn1-c1ccc(Br)cn1. The third-order valence-electron chi connectivity index (χ3n) is 2.37. The van der Waals surface area contributed by atoms with Crippen molar-refractivity contribution in [1.82, 2.24) is 14.8 Å². The summed E-state index contributed by atoms with van der Waals surface area (Å²) in [6.45, 7) is 0. The van der Waals surface area contributed by atoms with Crippen LogP contribution in [-0.2, 0) is 10.9 Å². The van der Waals surface area contributed by atoms with Crippen molar-refractivity contribution in [3.05, 3.63) is 40.3 Å². The molecule has 2 heterocycles. The quantitative estimate of drug-likeness (QED) is 0.670. The van der Waals surface area contributed by atoms with Crippen molar-refractivity contribution in [2.45, 2.75) is 6.18 Å². The zero-order valence-corrected chi connectivity index (χ0v) is 11.7. The number of hydrogen-bond donors (Lipinski definition) is 1. The molecule has 0 fully saturated rings. The molecular weight excluding hydrogens is 341 g/mol. The Hall–Kier alpha value is -1.90. The van der Waals surface area contributed by atoms with E-state index in [1.54, 1.807) is 6.07 Å². The highest BCUT2D eigenvalue weighted by molar-refractivity contribution is 9.10. The van der Waals surface area contributed by atoms with Gasteiger partial charge in [0.25, 0.3) is 0 Å². The average Bonchev–Trinajstić information content (AvgIpc) is 2.83. The number of methoxy groups -OCH3 is 1. The van der Waals surface area contributed by atoms with Crippen LogP contribution in [0.15, 0.2) is 28.9 Å². The van der Waals surface area contributed by atoms with Gasteiger partial charge in [-0.05, 0) is 28.1 Å². The summed E-state index contributed by atoms with van der Waals surface area (Å²) in [5.74, 6) is -0.279. The maximum atomic E-state index is 12.7. The van der Waals surface area contributed by atoms with E-state index < -0.39 is 17.8 Å². The van der Waals surface area contributed by atoms with Crippen molar-refractivity contribution in [2.24, 2.45) is 0 Å². The van der Waals surface area contributed by atoms with Gasteiger partial charge in [0, 0.05) is 16.7 Å². The summed E-state index contributed by atoms with van der Waals surface area (Å²) >= 11 is 3.18. The third-order valence-corrected chi connectivity index (χ3v) is 2.83. The second-order valence-corrected chi connectivity index (χ2v) is 4.61. The van der Waals surface area contributed by atoms with Gasteiger partial charge in [0.05, 0.1) is 7.11 Å². The number of ether oxygens (including phenoxy) is 1. The van der Waals surface area contributed by atoms with Gasteiger partial charge in [0.1, 0.15) is 5.69 Å². The number of rotatable bonds is 2. The van der Waals surface area contributed by atoms with Gasteiger partial charge in [0.2, 0.25) is 5.90 Å². The Morgan fingerprint density at radius 1 is 1.40 bits per heavy atom. The largest absolute Gasteiger partial charge is 0.480 e. The first-order valence-electron chi connectivity index (χ1n) is 5.25. The van der Waals surface area contributed by atoms with Crippen molar-refractivity contribution in [2.75, 3.05) is 7.11 Å². The Morgan fingerprint density at radius 2 is 2.10 bits per heavy atom. The van der Waals surface area contributed by atoms with E-state index in [0.717, 1.165) is 10.7 Å². The van der Waals surface area contributed by atoms with E-state index in [1.165, 1.54) is 19.4 Å². The molecule has 2 aromatic rings. The highest BCUT2D eigenvalue weighted by Crippen LogP contribution is 2.29. The maximum Gasteiger partial charge on any atom is 0.435 e. The van der Waals surface area contributed by atoms with Gasteiger partial charge in [-0.2, -0.15) is 18.3 Å². The van der Waals surface area contributed by atoms with Crippen LogP contribution in [0.2, 0.25) is 0 Å². The maximum absolute atomic E-state index is 12.7. The standard InChI is InChI=1S/C11H8BrF3N4O/c1-20-10(16)7-4-8(11(13,14)15)18-19(7)9-3-2-6(12)5-17-9/h2-5,16H,1H3. The lowest BCUT2D eigenvalue weighted by molar-refractivity contribution is -0.141. The van der Waals surface area contributed by atoms with Crippen LogP contribution in [0.3, 0.4) is 0 Å². The Balaban J connectivity index is 2.58. The Kier molecular flexibility index (Phi) is 3.80. The van der Waals surface area contributed by atoms with Crippen LogP contribution in [0.4, 0.5) is 13.2 Å². The van der Waals surface area contributed by atoms with Gasteiger partial charge in [-0.15, -0.1) is 0 Å². The minimum Gasteiger partial charge on any atom is -0.480 e. The van der Waals surface area contributed by atoms with Gasteiger partial charge in [-0.3, -0.25) is 5.41 Å². The fraction of sp³-hybridized carbons (Fsp3) is 0.182. The van der Waals surface area contributed by atoms with Crippen molar-refractivity contribution in [3.63, 3.8) is 0 Å². The molecule has 9 heteroatoms. The Morgan fingerprint density at radius 3 is 2.60 bits per heavy atom. The fourth-order valence-corrected chi connectivity index (χ4v) is 1.69. The Labute approximate surface area is 120 Å². The molecule has 0 radical (unpaired) electrons. The number of hydrogen-bond acceptors (Lipinski definition) is 4. The first-order chi connectivity index (χ1) is 9.32. The minimum absolute atomic E-state index is 0.130. The number of nitrogens with zero attached hydrogens (tertiary/aromatic N) is 3. The van der Waals surface area contributed by atoms with Crippen LogP contribution in [0, 0.1) is 5.41 Å². The second kappa shape index (κ2) is 5.23. The summed E-state index contributed by atoms with van der Waals surface area (Å²) < 4.78 is 44.4. The molecule has 0 atom stereocenters. The summed E-state index contributed by atoms with van der Waals surface area (Å²) in [5.41, 5.74) is -1.24. The molecule has 106 valence electrons. The summed E-state index contributed by atoms with van der Waals surface area (Å²) in [6, 6.07) is 3.83. The molecule has 0 spiro atoms. The van der Waals surface area contributed by atoms with Crippen molar-refractivity contribution in [3.8, 4) is 5.82 Å². The molecule has 0 bridgehead atoms. The molecule has 2 rings (SSSR count). The van der Waals surface area contributed by atoms with Crippen molar-refractivity contribution < 1.29 is 17.9 Å². The number of alkyl halides is 3. The number of aromatic nitrogens is 3. The number of nitrogens with one attached hydrogen (secondary N) is 1. The molecule has 2 aromatic heterocycles. The lowest BCUT2D eigenvalue weighted by Gasteiger charge is -2.06.